The predicted octanol–water partition coefficient (Wildman–Crippen LogP) is 3.79. The van der Waals surface area contributed by atoms with Crippen LogP contribution in [0.4, 0.5) is 5.69 Å². The molecule has 0 unspecified atom stereocenters. The van der Waals surface area contributed by atoms with Gasteiger partial charge in [-0.3, -0.25) is 9.59 Å². The van der Waals surface area contributed by atoms with E-state index in [4.69, 9.17) is 0 Å². The molecular weight excluding hydrogens is 312 g/mol. The molecule has 25 heavy (non-hydrogen) atoms. The van der Waals surface area contributed by atoms with Crippen molar-refractivity contribution >= 4 is 17.5 Å². The second-order valence-corrected chi connectivity index (χ2v) is 6.15. The molecule has 0 spiro atoms. The molecule has 0 heterocycles. The molecule has 4 nitrogen and oxygen atoms in total. The van der Waals surface area contributed by atoms with Crippen molar-refractivity contribution in [3.05, 3.63) is 65.7 Å². The van der Waals surface area contributed by atoms with E-state index in [1.807, 2.05) is 68.4 Å². The van der Waals surface area contributed by atoms with Gasteiger partial charge in [-0.05, 0) is 31.5 Å². The monoisotopic (exact) mass is 338 g/mol. The number of rotatable bonds is 7. The summed E-state index contributed by atoms with van der Waals surface area (Å²) in [7, 11) is 0. The van der Waals surface area contributed by atoms with Crippen molar-refractivity contribution in [2.45, 2.75) is 33.7 Å². The zero-order valence-electron chi connectivity index (χ0n) is 15.2. The van der Waals surface area contributed by atoms with Crippen molar-refractivity contribution in [1.82, 2.24) is 4.90 Å². The SMILES string of the molecule is CCN(C(=O)CCN(Cc1ccc(C)cc1)C(C)=O)c1ccccc1. The summed E-state index contributed by atoms with van der Waals surface area (Å²) in [5.41, 5.74) is 3.15. The van der Waals surface area contributed by atoms with E-state index < -0.39 is 0 Å². The Kier molecular flexibility index (Phi) is 6.75. The molecule has 0 N–H and O–H groups in total. The van der Waals surface area contributed by atoms with Crippen LogP contribution in [-0.2, 0) is 16.1 Å². The zero-order valence-corrected chi connectivity index (χ0v) is 15.2. The van der Waals surface area contributed by atoms with Gasteiger partial charge in [-0.15, -0.1) is 0 Å². The summed E-state index contributed by atoms with van der Waals surface area (Å²) in [5, 5.41) is 0. The predicted molar refractivity (Wildman–Crippen MR) is 101 cm³/mol. The quantitative estimate of drug-likeness (QED) is 0.771. The maximum Gasteiger partial charge on any atom is 0.228 e. The molecule has 0 bridgehead atoms. The number of anilines is 1. The van der Waals surface area contributed by atoms with Crippen LogP contribution in [0.5, 0.6) is 0 Å². The fourth-order valence-corrected chi connectivity index (χ4v) is 2.74. The van der Waals surface area contributed by atoms with Gasteiger partial charge in [0.15, 0.2) is 0 Å². The molecule has 2 aromatic carbocycles. The standard InChI is InChI=1S/C21H26N2O2/c1-4-23(20-8-6-5-7-9-20)21(25)14-15-22(18(3)24)16-19-12-10-17(2)11-13-19/h5-13H,4,14-16H2,1-3H3. The molecule has 0 fully saturated rings. The highest BCUT2D eigenvalue weighted by molar-refractivity contribution is 5.93. The van der Waals surface area contributed by atoms with Gasteiger partial charge in [0.2, 0.25) is 11.8 Å². The number of benzene rings is 2. The van der Waals surface area contributed by atoms with Gasteiger partial charge < -0.3 is 9.80 Å². The smallest absolute Gasteiger partial charge is 0.228 e. The van der Waals surface area contributed by atoms with E-state index in [0.29, 0.717) is 26.1 Å². The summed E-state index contributed by atoms with van der Waals surface area (Å²) in [5.74, 6) is 0.0139. The highest BCUT2D eigenvalue weighted by atomic mass is 16.2. The van der Waals surface area contributed by atoms with Crippen molar-refractivity contribution in [3.8, 4) is 0 Å². The lowest BCUT2D eigenvalue weighted by molar-refractivity contribution is -0.130. The molecular formula is C21H26N2O2. The molecule has 0 saturated heterocycles. The second kappa shape index (κ2) is 9.02. The molecule has 0 aromatic heterocycles. The first kappa shape index (κ1) is 18.7. The minimum atomic E-state index is -0.0175. The third-order valence-corrected chi connectivity index (χ3v) is 4.22. The number of nitrogens with zero attached hydrogens (tertiary/aromatic N) is 2. The molecule has 2 rings (SSSR count). The first-order chi connectivity index (χ1) is 12.0. The van der Waals surface area contributed by atoms with Crippen LogP contribution in [0.15, 0.2) is 54.6 Å². The summed E-state index contributed by atoms with van der Waals surface area (Å²) < 4.78 is 0. The van der Waals surface area contributed by atoms with Crippen LogP contribution < -0.4 is 4.90 Å². The number of carbonyl (C=O) groups excluding carboxylic acids is 2. The average molecular weight is 338 g/mol. The van der Waals surface area contributed by atoms with E-state index in [1.54, 1.807) is 16.7 Å². The summed E-state index contributed by atoms with van der Waals surface area (Å²) >= 11 is 0. The van der Waals surface area contributed by atoms with Gasteiger partial charge in [0.25, 0.3) is 0 Å². The van der Waals surface area contributed by atoms with E-state index in [9.17, 15) is 9.59 Å². The maximum atomic E-state index is 12.6. The van der Waals surface area contributed by atoms with Gasteiger partial charge in [-0.1, -0.05) is 48.0 Å². The van der Waals surface area contributed by atoms with Crippen LogP contribution >= 0.6 is 0 Å². The fraction of sp³-hybridized carbons (Fsp3) is 0.333. The Labute approximate surface area is 150 Å². The lowest BCUT2D eigenvalue weighted by Gasteiger charge is -2.25. The number of aryl methyl sites for hydroxylation is 1. The first-order valence-corrected chi connectivity index (χ1v) is 8.67. The normalized spacial score (nSPS) is 10.4. The lowest BCUT2D eigenvalue weighted by Crippen LogP contribution is -2.36. The largest absolute Gasteiger partial charge is 0.338 e. The Balaban J connectivity index is 1.98. The van der Waals surface area contributed by atoms with Gasteiger partial charge in [-0.2, -0.15) is 0 Å². The van der Waals surface area contributed by atoms with Gasteiger partial charge >= 0.3 is 0 Å². The number of carbonyl (C=O) groups is 2. The molecule has 0 atom stereocenters. The van der Waals surface area contributed by atoms with Gasteiger partial charge in [0, 0.05) is 38.7 Å². The third-order valence-electron chi connectivity index (χ3n) is 4.22. The summed E-state index contributed by atoms with van der Waals surface area (Å²) in [6.07, 6.45) is 0.314. The summed E-state index contributed by atoms with van der Waals surface area (Å²) in [6.45, 7) is 7.11. The fourth-order valence-electron chi connectivity index (χ4n) is 2.74. The molecule has 132 valence electrons. The Hall–Kier alpha value is -2.62. The number of hydrogen-bond acceptors (Lipinski definition) is 2. The molecule has 2 amide bonds. The van der Waals surface area contributed by atoms with E-state index in [2.05, 4.69) is 0 Å². The van der Waals surface area contributed by atoms with Crippen molar-refractivity contribution in [2.75, 3.05) is 18.0 Å². The minimum absolute atomic E-state index is 0.0175. The van der Waals surface area contributed by atoms with E-state index in [1.165, 1.54) is 5.56 Å². The zero-order chi connectivity index (χ0) is 18.2. The second-order valence-electron chi connectivity index (χ2n) is 6.15. The van der Waals surface area contributed by atoms with E-state index in [-0.39, 0.29) is 11.8 Å². The van der Waals surface area contributed by atoms with Gasteiger partial charge in [0.1, 0.15) is 0 Å². The Morgan fingerprint density at radius 3 is 2.16 bits per heavy atom. The number of amides is 2. The topological polar surface area (TPSA) is 40.6 Å². The van der Waals surface area contributed by atoms with Crippen molar-refractivity contribution in [1.29, 1.82) is 0 Å². The van der Waals surface area contributed by atoms with E-state index >= 15 is 0 Å². The molecule has 4 heteroatoms. The molecule has 0 aliphatic carbocycles. The number of para-hydroxylation sites is 1. The van der Waals surface area contributed by atoms with E-state index in [0.717, 1.165) is 11.3 Å². The highest BCUT2D eigenvalue weighted by Crippen LogP contribution is 2.15. The summed E-state index contributed by atoms with van der Waals surface area (Å²) in [6, 6.07) is 17.7. The molecule has 0 saturated carbocycles. The van der Waals surface area contributed by atoms with Gasteiger partial charge in [0.05, 0.1) is 0 Å². The van der Waals surface area contributed by atoms with Crippen LogP contribution in [0.1, 0.15) is 31.4 Å². The summed E-state index contributed by atoms with van der Waals surface area (Å²) in [4.78, 5) is 28.0. The average Bonchev–Trinajstić information content (AvgIpc) is 2.61. The van der Waals surface area contributed by atoms with Crippen LogP contribution in [0.2, 0.25) is 0 Å². The minimum Gasteiger partial charge on any atom is -0.338 e. The van der Waals surface area contributed by atoms with Crippen LogP contribution in [0, 0.1) is 6.92 Å². The Morgan fingerprint density at radius 1 is 0.960 bits per heavy atom. The Bertz CT molecular complexity index is 696. The molecule has 0 radical (unpaired) electrons. The van der Waals surface area contributed by atoms with Gasteiger partial charge in [-0.25, -0.2) is 0 Å². The van der Waals surface area contributed by atoms with Crippen molar-refractivity contribution in [3.63, 3.8) is 0 Å². The van der Waals surface area contributed by atoms with Crippen LogP contribution in [-0.4, -0.2) is 29.8 Å². The van der Waals surface area contributed by atoms with Crippen molar-refractivity contribution in [2.24, 2.45) is 0 Å². The lowest BCUT2D eigenvalue weighted by atomic mass is 10.1. The van der Waals surface area contributed by atoms with Crippen LogP contribution in [0.3, 0.4) is 0 Å². The molecule has 0 aliphatic rings. The molecule has 0 aliphatic heterocycles. The van der Waals surface area contributed by atoms with Crippen molar-refractivity contribution < 1.29 is 9.59 Å². The Morgan fingerprint density at radius 2 is 1.60 bits per heavy atom. The number of hydrogen-bond donors (Lipinski definition) is 0. The maximum absolute atomic E-state index is 12.6. The van der Waals surface area contributed by atoms with Crippen LogP contribution in [0.25, 0.3) is 0 Å². The molecule has 2 aromatic rings. The first-order valence-electron chi connectivity index (χ1n) is 8.67. The highest BCUT2D eigenvalue weighted by Gasteiger charge is 2.17. The third kappa shape index (κ3) is 5.45.